The van der Waals surface area contributed by atoms with Crippen LogP contribution in [-0.2, 0) is 16.1 Å². The zero-order chi connectivity index (χ0) is 14.5. The van der Waals surface area contributed by atoms with Crippen molar-refractivity contribution in [3.63, 3.8) is 0 Å². The number of nitrogens with one attached hydrogen (secondary N) is 2. The molecular weight excluding hydrogens is 280 g/mol. The van der Waals surface area contributed by atoms with Gasteiger partial charge in [0.1, 0.15) is 18.4 Å². The molecule has 2 atom stereocenters. The van der Waals surface area contributed by atoms with Gasteiger partial charge in [0.2, 0.25) is 5.91 Å². The quantitative estimate of drug-likeness (QED) is 0.553. The molecule has 1 fully saturated rings. The molecule has 1 aromatic carbocycles. The lowest BCUT2D eigenvalue weighted by Crippen LogP contribution is -2.69. The monoisotopic (exact) mass is 296 g/mol. The minimum absolute atomic E-state index is 0.135. The molecule has 1 saturated heterocycles. The standard InChI is InChI=1S/C13H16N2O4S/c1-18-9-4-2-8(3-5-9)6-19-13(17)15-11-10(7-20)14-12(11)16/h2-5,10-11,20H,6-7H2,1H3,(H,14,16)(H,15,17)/t10-,11+/m0/s1. The fraction of sp³-hybridized carbons (Fsp3) is 0.385. The molecule has 0 unspecified atom stereocenters. The maximum atomic E-state index is 11.6. The van der Waals surface area contributed by atoms with Gasteiger partial charge < -0.3 is 20.1 Å². The number of rotatable bonds is 5. The van der Waals surface area contributed by atoms with Crippen LogP contribution in [0, 0.1) is 0 Å². The molecule has 2 amide bonds. The lowest BCUT2D eigenvalue weighted by atomic mass is 10.0. The van der Waals surface area contributed by atoms with Gasteiger partial charge in [-0.15, -0.1) is 0 Å². The largest absolute Gasteiger partial charge is 0.497 e. The molecule has 1 aliphatic heterocycles. The van der Waals surface area contributed by atoms with Gasteiger partial charge in [-0.1, -0.05) is 12.1 Å². The zero-order valence-corrected chi connectivity index (χ0v) is 11.9. The Labute approximate surface area is 122 Å². The summed E-state index contributed by atoms with van der Waals surface area (Å²) in [6.45, 7) is 0.135. The highest BCUT2D eigenvalue weighted by molar-refractivity contribution is 7.80. The van der Waals surface area contributed by atoms with Gasteiger partial charge >= 0.3 is 6.09 Å². The summed E-state index contributed by atoms with van der Waals surface area (Å²) in [5.41, 5.74) is 0.838. The van der Waals surface area contributed by atoms with Crippen LogP contribution in [0.25, 0.3) is 0 Å². The average Bonchev–Trinajstić information content (AvgIpc) is 2.48. The summed E-state index contributed by atoms with van der Waals surface area (Å²) in [5, 5.41) is 5.15. The number of carbonyl (C=O) groups is 2. The Morgan fingerprint density at radius 1 is 1.40 bits per heavy atom. The SMILES string of the molecule is COc1ccc(COC(=O)N[C@H]2C(=O)N[C@H]2CS)cc1. The molecule has 2 rings (SSSR count). The molecule has 2 N–H and O–H groups in total. The second-order valence-corrected chi connectivity index (χ2v) is 4.71. The van der Waals surface area contributed by atoms with E-state index in [9.17, 15) is 9.59 Å². The van der Waals surface area contributed by atoms with Crippen LogP contribution in [0.4, 0.5) is 4.79 Å². The smallest absolute Gasteiger partial charge is 0.408 e. The Bertz CT molecular complexity index is 492. The number of hydrogen-bond acceptors (Lipinski definition) is 5. The molecule has 0 bridgehead atoms. The van der Waals surface area contributed by atoms with E-state index in [0.717, 1.165) is 11.3 Å². The van der Waals surface area contributed by atoms with Crippen molar-refractivity contribution in [2.75, 3.05) is 12.9 Å². The number of amides is 2. The molecule has 0 aromatic heterocycles. The number of methoxy groups -OCH3 is 1. The summed E-state index contributed by atoms with van der Waals surface area (Å²) in [5.74, 6) is 0.987. The highest BCUT2D eigenvalue weighted by Gasteiger charge is 2.39. The van der Waals surface area contributed by atoms with Gasteiger partial charge in [0, 0.05) is 5.75 Å². The summed E-state index contributed by atoms with van der Waals surface area (Å²) in [6, 6.07) is 6.48. The first kappa shape index (κ1) is 14.5. The normalized spacial score (nSPS) is 20.6. The van der Waals surface area contributed by atoms with E-state index in [1.165, 1.54) is 0 Å². The first-order valence-corrected chi connectivity index (χ1v) is 6.74. The van der Waals surface area contributed by atoms with Crippen molar-refractivity contribution in [2.45, 2.75) is 18.7 Å². The Kier molecular flexibility index (Phi) is 4.73. The Morgan fingerprint density at radius 3 is 2.65 bits per heavy atom. The fourth-order valence-corrected chi connectivity index (χ4v) is 2.10. The van der Waals surface area contributed by atoms with Crippen LogP contribution in [0.5, 0.6) is 5.75 Å². The molecular formula is C13H16N2O4S. The highest BCUT2D eigenvalue weighted by atomic mass is 32.1. The van der Waals surface area contributed by atoms with Gasteiger partial charge in [0.25, 0.3) is 0 Å². The lowest BCUT2D eigenvalue weighted by Gasteiger charge is -2.35. The minimum atomic E-state index is -0.618. The van der Waals surface area contributed by atoms with Crippen molar-refractivity contribution in [3.8, 4) is 5.75 Å². The molecule has 1 aliphatic rings. The molecule has 0 saturated carbocycles. The van der Waals surface area contributed by atoms with Gasteiger partial charge in [0.05, 0.1) is 13.2 Å². The van der Waals surface area contributed by atoms with Crippen LogP contribution in [0.15, 0.2) is 24.3 Å². The summed E-state index contributed by atoms with van der Waals surface area (Å²) in [6.07, 6.45) is -0.618. The van der Waals surface area contributed by atoms with Crippen LogP contribution in [0.1, 0.15) is 5.56 Å². The first-order valence-electron chi connectivity index (χ1n) is 6.11. The van der Waals surface area contributed by atoms with Gasteiger partial charge in [-0.25, -0.2) is 4.79 Å². The zero-order valence-electron chi connectivity index (χ0n) is 11.0. The van der Waals surface area contributed by atoms with E-state index in [2.05, 4.69) is 23.3 Å². The summed E-state index contributed by atoms with van der Waals surface area (Å²) in [7, 11) is 1.58. The van der Waals surface area contributed by atoms with Crippen molar-refractivity contribution in [1.29, 1.82) is 0 Å². The Hall–Kier alpha value is -1.89. The highest BCUT2D eigenvalue weighted by Crippen LogP contribution is 2.12. The van der Waals surface area contributed by atoms with Crippen molar-refractivity contribution in [3.05, 3.63) is 29.8 Å². The maximum absolute atomic E-state index is 11.6. The number of β-lactam (4-membered cyclic amide) rings is 1. The number of thiol groups is 1. The van der Waals surface area contributed by atoms with Crippen LogP contribution < -0.4 is 15.4 Å². The summed E-state index contributed by atoms with van der Waals surface area (Å²) in [4.78, 5) is 22.8. The predicted molar refractivity (Wildman–Crippen MR) is 75.9 cm³/mol. The maximum Gasteiger partial charge on any atom is 0.408 e. The first-order chi connectivity index (χ1) is 9.63. The van der Waals surface area contributed by atoms with Gasteiger partial charge in [0.15, 0.2) is 0 Å². The van der Waals surface area contributed by atoms with E-state index in [1.807, 2.05) is 0 Å². The van der Waals surface area contributed by atoms with E-state index in [-0.39, 0.29) is 18.6 Å². The van der Waals surface area contributed by atoms with Gasteiger partial charge in [-0.05, 0) is 17.7 Å². The third-order valence-electron chi connectivity index (χ3n) is 3.01. The lowest BCUT2D eigenvalue weighted by molar-refractivity contribution is -0.130. The minimum Gasteiger partial charge on any atom is -0.497 e. The molecule has 0 radical (unpaired) electrons. The second kappa shape index (κ2) is 6.51. The van der Waals surface area contributed by atoms with Crippen molar-refractivity contribution in [1.82, 2.24) is 10.6 Å². The number of benzene rings is 1. The van der Waals surface area contributed by atoms with E-state index in [1.54, 1.807) is 31.4 Å². The summed E-state index contributed by atoms with van der Waals surface area (Å²) >= 11 is 4.08. The van der Waals surface area contributed by atoms with E-state index in [0.29, 0.717) is 5.75 Å². The molecule has 6 nitrogen and oxygen atoms in total. The number of hydrogen-bond donors (Lipinski definition) is 3. The topological polar surface area (TPSA) is 76.7 Å². The molecule has 108 valence electrons. The van der Waals surface area contributed by atoms with Crippen molar-refractivity contribution in [2.24, 2.45) is 0 Å². The Balaban J connectivity index is 1.78. The number of alkyl carbamates (subject to hydrolysis) is 1. The fourth-order valence-electron chi connectivity index (χ4n) is 1.80. The van der Waals surface area contributed by atoms with Crippen molar-refractivity contribution >= 4 is 24.6 Å². The van der Waals surface area contributed by atoms with Crippen LogP contribution in [0.3, 0.4) is 0 Å². The third kappa shape index (κ3) is 3.36. The second-order valence-electron chi connectivity index (χ2n) is 4.34. The third-order valence-corrected chi connectivity index (χ3v) is 3.40. The van der Waals surface area contributed by atoms with E-state index >= 15 is 0 Å². The van der Waals surface area contributed by atoms with E-state index in [4.69, 9.17) is 9.47 Å². The molecule has 1 heterocycles. The number of ether oxygens (including phenoxy) is 2. The molecule has 20 heavy (non-hydrogen) atoms. The molecule has 7 heteroatoms. The van der Waals surface area contributed by atoms with E-state index < -0.39 is 12.1 Å². The Morgan fingerprint density at radius 2 is 2.10 bits per heavy atom. The van der Waals surface area contributed by atoms with Crippen LogP contribution >= 0.6 is 12.6 Å². The van der Waals surface area contributed by atoms with Crippen LogP contribution in [-0.4, -0.2) is 36.9 Å². The van der Waals surface area contributed by atoms with Crippen molar-refractivity contribution < 1.29 is 19.1 Å². The molecule has 0 aliphatic carbocycles. The van der Waals surface area contributed by atoms with Gasteiger partial charge in [-0.3, -0.25) is 4.79 Å². The number of carbonyl (C=O) groups excluding carboxylic acids is 2. The van der Waals surface area contributed by atoms with Gasteiger partial charge in [-0.2, -0.15) is 12.6 Å². The molecule has 0 spiro atoms. The predicted octanol–water partition coefficient (Wildman–Crippen LogP) is 0.718. The summed E-state index contributed by atoms with van der Waals surface area (Å²) < 4.78 is 10.1. The van der Waals surface area contributed by atoms with Crippen LogP contribution in [0.2, 0.25) is 0 Å². The molecule has 1 aromatic rings. The average molecular weight is 296 g/mol.